The van der Waals surface area contributed by atoms with Crippen molar-refractivity contribution in [1.82, 2.24) is 5.32 Å². The van der Waals surface area contributed by atoms with Gasteiger partial charge in [0.05, 0.1) is 0 Å². The van der Waals surface area contributed by atoms with Gasteiger partial charge in [-0.1, -0.05) is 23.7 Å². The molecular formula is C12H17ClN2O. The number of primary amides is 1. The minimum absolute atomic E-state index is 0.0724. The molecule has 0 saturated heterocycles. The molecule has 0 radical (unpaired) electrons. The van der Waals surface area contributed by atoms with Crippen molar-refractivity contribution < 1.29 is 4.79 Å². The fourth-order valence-electron chi connectivity index (χ4n) is 1.64. The Morgan fingerprint density at radius 2 is 1.94 bits per heavy atom. The summed E-state index contributed by atoms with van der Waals surface area (Å²) in [4.78, 5) is 10.7. The summed E-state index contributed by atoms with van der Waals surface area (Å²) in [5.41, 5.74) is 6.27. The Kier molecular flexibility index (Phi) is 4.77. The molecule has 0 spiro atoms. The summed E-state index contributed by atoms with van der Waals surface area (Å²) >= 11 is 5.81. The summed E-state index contributed by atoms with van der Waals surface area (Å²) in [6.07, 6.45) is 0.345. The summed E-state index contributed by atoms with van der Waals surface area (Å²) in [6, 6.07) is 7.89. The zero-order chi connectivity index (χ0) is 12.1. The van der Waals surface area contributed by atoms with Gasteiger partial charge in [-0.05, 0) is 31.5 Å². The van der Waals surface area contributed by atoms with Crippen LogP contribution >= 0.6 is 11.6 Å². The summed E-state index contributed by atoms with van der Waals surface area (Å²) in [7, 11) is 0. The lowest BCUT2D eigenvalue weighted by Crippen LogP contribution is -2.32. The van der Waals surface area contributed by atoms with E-state index in [4.69, 9.17) is 17.3 Å². The van der Waals surface area contributed by atoms with Crippen molar-refractivity contribution in [2.75, 3.05) is 0 Å². The van der Waals surface area contributed by atoms with Gasteiger partial charge in [-0.25, -0.2) is 0 Å². The van der Waals surface area contributed by atoms with Crippen molar-refractivity contribution in [3.05, 3.63) is 34.9 Å². The molecule has 16 heavy (non-hydrogen) atoms. The van der Waals surface area contributed by atoms with E-state index in [1.54, 1.807) is 0 Å². The Bertz CT molecular complexity index is 351. The van der Waals surface area contributed by atoms with Crippen molar-refractivity contribution in [2.45, 2.75) is 32.4 Å². The molecule has 0 saturated carbocycles. The first-order valence-corrected chi connectivity index (χ1v) is 5.66. The first-order chi connectivity index (χ1) is 7.49. The average Bonchev–Trinajstić information content (AvgIpc) is 2.16. The van der Waals surface area contributed by atoms with E-state index in [0.29, 0.717) is 6.42 Å². The second-order valence-corrected chi connectivity index (χ2v) is 4.45. The molecule has 88 valence electrons. The molecule has 0 heterocycles. The minimum atomic E-state index is -0.289. The number of rotatable bonds is 5. The maximum atomic E-state index is 10.7. The van der Waals surface area contributed by atoms with Crippen LogP contribution < -0.4 is 11.1 Å². The van der Waals surface area contributed by atoms with Gasteiger partial charge in [0.2, 0.25) is 5.91 Å². The number of benzene rings is 1. The quantitative estimate of drug-likeness (QED) is 0.830. The Balaban J connectivity index is 2.54. The number of hydrogen-bond acceptors (Lipinski definition) is 2. The van der Waals surface area contributed by atoms with E-state index in [1.165, 1.54) is 0 Å². The zero-order valence-electron chi connectivity index (χ0n) is 9.53. The molecular weight excluding hydrogens is 224 g/mol. The molecule has 2 atom stereocenters. The maximum absolute atomic E-state index is 10.7. The van der Waals surface area contributed by atoms with E-state index >= 15 is 0 Å². The lowest BCUT2D eigenvalue weighted by molar-refractivity contribution is -0.118. The Hall–Kier alpha value is -1.06. The van der Waals surface area contributed by atoms with Crippen LogP contribution in [-0.2, 0) is 4.79 Å². The second kappa shape index (κ2) is 5.87. The molecule has 0 aromatic heterocycles. The predicted molar refractivity (Wildman–Crippen MR) is 66.3 cm³/mol. The SMILES string of the molecule is CC(CC(N)=O)NC(C)c1ccc(Cl)cc1. The summed E-state index contributed by atoms with van der Waals surface area (Å²) in [5, 5.41) is 4.03. The molecule has 1 rings (SSSR count). The Morgan fingerprint density at radius 3 is 2.44 bits per heavy atom. The minimum Gasteiger partial charge on any atom is -0.370 e. The molecule has 0 bridgehead atoms. The molecule has 4 heteroatoms. The van der Waals surface area contributed by atoms with Crippen LogP contribution in [0.2, 0.25) is 5.02 Å². The maximum Gasteiger partial charge on any atom is 0.218 e. The van der Waals surface area contributed by atoms with Gasteiger partial charge in [0.25, 0.3) is 0 Å². The topological polar surface area (TPSA) is 55.1 Å². The molecule has 0 aliphatic rings. The fraction of sp³-hybridized carbons (Fsp3) is 0.417. The zero-order valence-corrected chi connectivity index (χ0v) is 10.3. The van der Waals surface area contributed by atoms with E-state index in [1.807, 2.05) is 38.1 Å². The van der Waals surface area contributed by atoms with Crippen LogP contribution in [0.25, 0.3) is 0 Å². The highest BCUT2D eigenvalue weighted by Gasteiger charge is 2.11. The van der Waals surface area contributed by atoms with Crippen LogP contribution in [0.4, 0.5) is 0 Å². The van der Waals surface area contributed by atoms with E-state index in [-0.39, 0.29) is 18.0 Å². The number of amides is 1. The van der Waals surface area contributed by atoms with E-state index in [9.17, 15) is 4.79 Å². The molecule has 0 aliphatic heterocycles. The van der Waals surface area contributed by atoms with Gasteiger partial charge in [0.15, 0.2) is 0 Å². The third-order valence-electron chi connectivity index (χ3n) is 2.41. The Morgan fingerprint density at radius 1 is 1.38 bits per heavy atom. The standard InChI is InChI=1S/C12H17ClN2O/c1-8(7-12(14)16)15-9(2)10-3-5-11(13)6-4-10/h3-6,8-9,15H,7H2,1-2H3,(H2,14,16). The summed E-state index contributed by atoms with van der Waals surface area (Å²) in [5.74, 6) is -0.289. The van der Waals surface area contributed by atoms with Crippen LogP contribution in [0.5, 0.6) is 0 Å². The first kappa shape index (κ1) is 13.0. The lowest BCUT2D eigenvalue weighted by Gasteiger charge is -2.19. The van der Waals surface area contributed by atoms with Crippen LogP contribution in [0, 0.1) is 0 Å². The normalized spacial score (nSPS) is 14.4. The highest BCUT2D eigenvalue weighted by Crippen LogP contribution is 2.16. The monoisotopic (exact) mass is 240 g/mol. The Labute approximate surface area is 101 Å². The molecule has 1 aromatic rings. The van der Waals surface area contributed by atoms with E-state index in [2.05, 4.69) is 5.32 Å². The van der Waals surface area contributed by atoms with Crippen LogP contribution in [0.15, 0.2) is 24.3 Å². The third-order valence-corrected chi connectivity index (χ3v) is 2.66. The number of nitrogens with two attached hydrogens (primary N) is 1. The third kappa shape index (κ3) is 4.21. The largest absolute Gasteiger partial charge is 0.370 e. The van der Waals surface area contributed by atoms with Crippen LogP contribution in [0.3, 0.4) is 0 Å². The number of nitrogens with one attached hydrogen (secondary N) is 1. The molecule has 1 aromatic carbocycles. The number of carbonyl (C=O) groups is 1. The number of hydrogen-bond donors (Lipinski definition) is 2. The number of halogens is 1. The smallest absolute Gasteiger partial charge is 0.218 e. The molecule has 2 unspecified atom stereocenters. The van der Waals surface area contributed by atoms with Crippen molar-refractivity contribution in [2.24, 2.45) is 5.73 Å². The molecule has 1 amide bonds. The summed E-state index contributed by atoms with van der Waals surface area (Å²) < 4.78 is 0. The molecule has 3 nitrogen and oxygen atoms in total. The molecule has 0 aliphatic carbocycles. The van der Waals surface area contributed by atoms with Crippen LogP contribution in [0.1, 0.15) is 31.9 Å². The average molecular weight is 241 g/mol. The van der Waals surface area contributed by atoms with Gasteiger partial charge in [-0.2, -0.15) is 0 Å². The first-order valence-electron chi connectivity index (χ1n) is 5.29. The summed E-state index contributed by atoms with van der Waals surface area (Å²) in [6.45, 7) is 3.98. The van der Waals surface area contributed by atoms with Gasteiger partial charge in [-0.15, -0.1) is 0 Å². The van der Waals surface area contributed by atoms with Gasteiger partial charge in [0, 0.05) is 23.5 Å². The van der Waals surface area contributed by atoms with Gasteiger partial charge in [-0.3, -0.25) is 4.79 Å². The van der Waals surface area contributed by atoms with Gasteiger partial charge < -0.3 is 11.1 Å². The van der Waals surface area contributed by atoms with Crippen molar-refractivity contribution in [3.8, 4) is 0 Å². The number of carbonyl (C=O) groups excluding carboxylic acids is 1. The predicted octanol–water partition coefficient (Wildman–Crippen LogP) is 2.25. The fourth-order valence-corrected chi connectivity index (χ4v) is 1.76. The second-order valence-electron chi connectivity index (χ2n) is 4.01. The lowest BCUT2D eigenvalue weighted by atomic mass is 10.1. The van der Waals surface area contributed by atoms with Crippen LogP contribution in [-0.4, -0.2) is 11.9 Å². The van der Waals surface area contributed by atoms with Crippen molar-refractivity contribution >= 4 is 17.5 Å². The molecule has 3 N–H and O–H groups in total. The van der Waals surface area contributed by atoms with Gasteiger partial charge >= 0.3 is 0 Å². The highest BCUT2D eigenvalue weighted by atomic mass is 35.5. The van der Waals surface area contributed by atoms with E-state index in [0.717, 1.165) is 10.6 Å². The van der Waals surface area contributed by atoms with Crippen molar-refractivity contribution in [1.29, 1.82) is 0 Å². The highest BCUT2D eigenvalue weighted by molar-refractivity contribution is 6.30. The van der Waals surface area contributed by atoms with Gasteiger partial charge in [0.1, 0.15) is 0 Å². The van der Waals surface area contributed by atoms with Crippen molar-refractivity contribution in [3.63, 3.8) is 0 Å². The molecule has 0 fully saturated rings. The van der Waals surface area contributed by atoms with E-state index < -0.39 is 0 Å².